The number of rotatable bonds is 1. The van der Waals surface area contributed by atoms with E-state index >= 15 is 0 Å². The molecule has 3 rings (SSSR count). The van der Waals surface area contributed by atoms with Crippen molar-refractivity contribution in [2.24, 2.45) is 0 Å². The van der Waals surface area contributed by atoms with Gasteiger partial charge in [0.15, 0.2) is 0 Å². The minimum absolute atomic E-state index is 0.957. The number of hydrogen-bond acceptors (Lipinski definition) is 3. The lowest BCUT2D eigenvalue weighted by atomic mass is 10.1. The lowest BCUT2D eigenvalue weighted by Gasteiger charge is -2.05. The van der Waals surface area contributed by atoms with Crippen LogP contribution in [0.5, 0.6) is 0 Å². The van der Waals surface area contributed by atoms with Gasteiger partial charge in [-0.1, -0.05) is 0 Å². The van der Waals surface area contributed by atoms with E-state index in [0.29, 0.717) is 0 Å². The molecule has 2 heterocycles. The summed E-state index contributed by atoms with van der Waals surface area (Å²) in [7, 11) is 0. The highest BCUT2D eigenvalue weighted by atomic mass is 15.1. The summed E-state index contributed by atoms with van der Waals surface area (Å²) in [5.41, 5.74) is 4.75. The second-order valence-corrected chi connectivity index (χ2v) is 3.75. The minimum Gasteiger partial charge on any atom is -0.261 e. The van der Waals surface area contributed by atoms with Crippen molar-refractivity contribution in [2.75, 3.05) is 0 Å². The second-order valence-electron chi connectivity index (χ2n) is 3.75. The van der Waals surface area contributed by atoms with Crippen LogP contribution in [0.3, 0.4) is 0 Å². The first kappa shape index (κ1) is 8.53. The van der Waals surface area contributed by atoms with Crippen molar-refractivity contribution in [2.45, 2.75) is 19.3 Å². The van der Waals surface area contributed by atoms with E-state index in [4.69, 9.17) is 0 Å². The largest absolute Gasteiger partial charge is 0.261 e. The Balaban J connectivity index is 2.17. The Bertz CT molecular complexity index is 479. The predicted octanol–water partition coefficient (Wildman–Crippen LogP) is 2.03. The molecule has 2 aromatic rings. The third-order valence-electron chi connectivity index (χ3n) is 2.83. The van der Waals surface area contributed by atoms with E-state index in [-0.39, 0.29) is 0 Å². The van der Waals surface area contributed by atoms with Gasteiger partial charge in [0.25, 0.3) is 0 Å². The average Bonchev–Trinajstić information content (AvgIpc) is 2.78. The summed E-state index contributed by atoms with van der Waals surface area (Å²) in [4.78, 5) is 4.40. The number of aryl methyl sites for hydroxylation is 1. The maximum atomic E-state index is 4.40. The van der Waals surface area contributed by atoms with E-state index in [0.717, 1.165) is 18.5 Å². The standard InChI is InChI=1S/C12H11N3/c1-3-9-10(6-8-13-11(9)4-1)12-5-2-7-14-15-12/h2,5-8H,1,3-4H2. The Morgan fingerprint density at radius 3 is 2.93 bits per heavy atom. The van der Waals surface area contributed by atoms with E-state index in [1.165, 1.54) is 23.2 Å². The first-order valence-corrected chi connectivity index (χ1v) is 5.20. The van der Waals surface area contributed by atoms with Crippen LogP contribution in [0.2, 0.25) is 0 Å². The molecule has 2 aromatic heterocycles. The lowest BCUT2D eigenvalue weighted by molar-refractivity contribution is 0.899. The van der Waals surface area contributed by atoms with Crippen LogP contribution in [0.15, 0.2) is 30.6 Å². The van der Waals surface area contributed by atoms with Crippen molar-refractivity contribution in [3.63, 3.8) is 0 Å². The fourth-order valence-electron chi connectivity index (χ4n) is 2.15. The van der Waals surface area contributed by atoms with Gasteiger partial charge in [-0.3, -0.25) is 4.98 Å². The van der Waals surface area contributed by atoms with Gasteiger partial charge in [-0.2, -0.15) is 10.2 Å². The Labute approximate surface area is 88.2 Å². The molecular formula is C12H11N3. The number of fused-ring (bicyclic) bond motifs is 1. The summed E-state index contributed by atoms with van der Waals surface area (Å²) in [6, 6.07) is 5.96. The van der Waals surface area contributed by atoms with Gasteiger partial charge in [-0.25, -0.2) is 0 Å². The van der Waals surface area contributed by atoms with E-state index in [1.807, 2.05) is 24.4 Å². The zero-order valence-corrected chi connectivity index (χ0v) is 8.35. The molecule has 0 saturated carbocycles. The maximum absolute atomic E-state index is 4.40. The van der Waals surface area contributed by atoms with Gasteiger partial charge in [-0.05, 0) is 43.0 Å². The smallest absolute Gasteiger partial charge is 0.0933 e. The molecule has 0 saturated heterocycles. The Hall–Kier alpha value is -1.77. The van der Waals surface area contributed by atoms with Crippen LogP contribution < -0.4 is 0 Å². The van der Waals surface area contributed by atoms with Crippen molar-refractivity contribution in [3.8, 4) is 11.3 Å². The maximum Gasteiger partial charge on any atom is 0.0933 e. The van der Waals surface area contributed by atoms with Crippen molar-refractivity contribution in [1.29, 1.82) is 0 Å². The molecular weight excluding hydrogens is 186 g/mol. The van der Waals surface area contributed by atoms with Crippen molar-refractivity contribution in [1.82, 2.24) is 15.2 Å². The molecule has 0 bridgehead atoms. The monoisotopic (exact) mass is 197 g/mol. The minimum atomic E-state index is 0.957. The molecule has 15 heavy (non-hydrogen) atoms. The van der Waals surface area contributed by atoms with Crippen LogP contribution in [-0.2, 0) is 12.8 Å². The molecule has 74 valence electrons. The summed E-state index contributed by atoms with van der Waals surface area (Å²) in [6.07, 6.45) is 7.00. The average molecular weight is 197 g/mol. The fourth-order valence-corrected chi connectivity index (χ4v) is 2.15. The first-order chi connectivity index (χ1) is 7.45. The summed E-state index contributed by atoms with van der Waals surface area (Å²) < 4.78 is 0. The van der Waals surface area contributed by atoms with Crippen LogP contribution in [0, 0.1) is 0 Å². The fraction of sp³-hybridized carbons (Fsp3) is 0.250. The molecule has 0 spiro atoms. The Morgan fingerprint density at radius 1 is 1.07 bits per heavy atom. The summed E-state index contributed by atoms with van der Waals surface area (Å²) >= 11 is 0. The highest BCUT2D eigenvalue weighted by Gasteiger charge is 2.16. The SMILES string of the molecule is c1cnnc(-c2ccnc3c2CCC3)c1. The van der Waals surface area contributed by atoms with Gasteiger partial charge in [0, 0.05) is 23.7 Å². The molecule has 0 atom stereocenters. The topological polar surface area (TPSA) is 38.7 Å². The van der Waals surface area contributed by atoms with E-state index in [2.05, 4.69) is 15.2 Å². The molecule has 1 aliphatic carbocycles. The zero-order valence-electron chi connectivity index (χ0n) is 8.35. The van der Waals surface area contributed by atoms with Gasteiger partial charge in [0.2, 0.25) is 0 Å². The number of nitrogens with zero attached hydrogens (tertiary/aromatic N) is 3. The number of aromatic nitrogens is 3. The molecule has 1 aliphatic rings. The molecule has 0 unspecified atom stereocenters. The molecule has 0 aromatic carbocycles. The van der Waals surface area contributed by atoms with Crippen molar-refractivity contribution >= 4 is 0 Å². The highest BCUT2D eigenvalue weighted by Crippen LogP contribution is 2.29. The molecule has 0 N–H and O–H groups in total. The van der Waals surface area contributed by atoms with Crippen LogP contribution in [0.4, 0.5) is 0 Å². The molecule has 0 aliphatic heterocycles. The normalized spacial score (nSPS) is 13.9. The van der Waals surface area contributed by atoms with Crippen LogP contribution in [-0.4, -0.2) is 15.2 Å². The number of pyridine rings is 1. The molecule has 3 nitrogen and oxygen atoms in total. The van der Waals surface area contributed by atoms with Gasteiger partial charge < -0.3 is 0 Å². The predicted molar refractivity (Wildman–Crippen MR) is 57.3 cm³/mol. The van der Waals surface area contributed by atoms with Crippen molar-refractivity contribution < 1.29 is 0 Å². The molecule has 0 fully saturated rings. The second kappa shape index (κ2) is 3.42. The molecule has 3 heteroatoms. The third-order valence-corrected chi connectivity index (χ3v) is 2.83. The quantitative estimate of drug-likeness (QED) is 0.702. The summed E-state index contributed by atoms with van der Waals surface area (Å²) in [5, 5.41) is 8.06. The lowest BCUT2D eigenvalue weighted by Crippen LogP contribution is -1.94. The summed E-state index contributed by atoms with van der Waals surface area (Å²) in [5.74, 6) is 0. The van der Waals surface area contributed by atoms with E-state index in [1.54, 1.807) is 6.20 Å². The third kappa shape index (κ3) is 1.40. The van der Waals surface area contributed by atoms with Crippen LogP contribution in [0.25, 0.3) is 11.3 Å². The molecule has 0 amide bonds. The number of hydrogen-bond donors (Lipinski definition) is 0. The highest BCUT2D eigenvalue weighted by molar-refractivity contribution is 5.64. The first-order valence-electron chi connectivity index (χ1n) is 5.20. The summed E-state index contributed by atoms with van der Waals surface area (Å²) in [6.45, 7) is 0. The van der Waals surface area contributed by atoms with E-state index < -0.39 is 0 Å². The Morgan fingerprint density at radius 2 is 2.07 bits per heavy atom. The van der Waals surface area contributed by atoms with Gasteiger partial charge in [-0.15, -0.1) is 0 Å². The van der Waals surface area contributed by atoms with Gasteiger partial charge in [0.05, 0.1) is 5.69 Å². The zero-order chi connectivity index (χ0) is 10.1. The van der Waals surface area contributed by atoms with Crippen LogP contribution >= 0.6 is 0 Å². The van der Waals surface area contributed by atoms with E-state index in [9.17, 15) is 0 Å². The molecule has 0 radical (unpaired) electrons. The van der Waals surface area contributed by atoms with Gasteiger partial charge in [0.1, 0.15) is 0 Å². The van der Waals surface area contributed by atoms with Gasteiger partial charge >= 0.3 is 0 Å². The van der Waals surface area contributed by atoms with Crippen molar-refractivity contribution in [3.05, 3.63) is 41.9 Å². The Kier molecular flexibility index (Phi) is 1.95. The van der Waals surface area contributed by atoms with Crippen LogP contribution in [0.1, 0.15) is 17.7 Å².